The molecule has 0 radical (unpaired) electrons. The summed E-state index contributed by atoms with van der Waals surface area (Å²) in [7, 11) is 1.88. The quantitative estimate of drug-likeness (QED) is 0.940. The first-order valence-electron chi connectivity index (χ1n) is 4.99. The van der Waals surface area contributed by atoms with E-state index in [9.17, 15) is 0 Å². The van der Waals surface area contributed by atoms with Crippen molar-refractivity contribution in [2.24, 2.45) is 7.05 Å². The molecule has 1 N–H and O–H groups in total. The summed E-state index contributed by atoms with van der Waals surface area (Å²) in [6.45, 7) is 2.73. The lowest BCUT2D eigenvalue weighted by Gasteiger charge is -2.08. The fourth-order valence-electron chi connectivity index (χ4n) is 1.43. The summed E-state index contributed by atoms with van der Waals surface area (Å²) in [4.78, 5) is 4.16. The first-order valence-corrected chi connectivity index (χ1v) is 5.79. The van der Waals surface area contributed by atoms with Crippen LogP contribution in [0.1, 0.15) is 11.4 Å². The summed E-state index contributed by atoms with van der Waals surface area (Å²) in [6, 6.07) is 6.20. The van der Waals surface area contributed by atoms with Gasteiger partial charge in [-0.1, -0.05) is 6.07 Å². The zero-order valence-electron chi connectivity index (χ0n) is 9.24. The highest BCUT2D eigenvalue weighted by Crippen LogP contribution is 2.23. The van der Waals surface area contributed by atoms with Crippen LogP contribution in [0.15, 0.2) is 29.0 Å². The summed E-state index contributed by atoms with van der Waals surface area (Å²) < 4.78 is 2.82. The van der Waals surface area contributed by atoms with Gasteiger partial charge in [-0.05, 0) is 40.5 Å². The number of hydrogen-bond donors (Lipinski definition) is 1. The van der Waals surface area contributed by atoms with Crippen molar-refractivity contribution >= 4 is 21.6 Å². The van der Waals surface area contributed by atoms with Crippen LogP contribution in [0.2, 0.25) is 0 Å². The van der Waals surface area contributed by atoms with Crippen molar-refractivity contribution in [2.45, 2.75) is 13.5 Å². The van der Waals surface area contributed by atoms with Gasteiger partial charge in [-0.15, -0.1) is 0 Å². The van der Waals surface area contributed by atoms with Gasteiger partial charge in [0, 0.05) is 17.2 Å². The Hall–Kier alpha value is -1.36. The third-order valence-electron chi connectivity index (χ3n) is 2.36. The average molecular weight is 281 g/mol. The van der Waals surface area contributed by atoms with E-state index >= 15 is 0 Å². The van der Waals surface area contributed by atoms with Crippen molar-refractivity contribution in [3.8, 4) is 0 Å². The minimum Gasteiger partial charge on any atom is -0.377 e. The topological polar surface area (TPSA) is 42.7 Å². The third-order valence-corrected chi connectivity index (χ3v) is 3.06. The van der Waals surface area contributed by atoms with Crippen molar-refractivity contribution in [1.29, 1.82) is 0 Å². The number of benzene rings is 1. The van der Waals surface area contributed by atoms with E-state index in [0.717, 1.165) is 16.0 Å². The fourth-order valence-corrected chi connectivity index (χ4v) is 1.82. The van der Waals surface area contributed by atoms with E-state index in [4.69, 9.17) is 0 Å². The van der Waals surface area contributed by atoms with Gasteiger partial charge >= 0.3 is 0 Å². The van der Waals surface area contributed by atoms with Crippen LogP contribution in [-0.2, 0) is 13.6 Å². The lowest BCUT2D eigenvalue weighted by molar-refractivity contribution is 0.712. The molecule has 0 amide bonds. The van der Waals surface area contributed by atoms with Gasteiger partial charge in [0.05, 0.1) is 6.54 Å². The Morgan fingerprint density at radius 2 is 2.25 bits per heavy atom. The molecule has 2 rings (SSSR count). The van der Waals surface area contributed by atoms with E-state index in [-0.39, 0.29) is 0 Å². The second-order valence-corrected chi connectivity index (χ2v) is 4.49. The fraction of sp³-hybridized carbons (Fsp3) is 0.273. The number of hydrogen-bond acceptors (Lipinski definition) is 3. The average Bonchev–Trinajstić information content (AvgIpc) is 2.66. The molecule has 0 unspecified atom stereocenters. The molecular weight excluding hydrogens is 268 g/mol. The largest absolute Gasteiger partial charge is 0.377 e. The van der Waals surface area contributed by atoms with Crippen LogP contribution in [0.25, 0.3) is 0 Å². The molecule has 0 aliphatic carbocycles. The molecule has 0 saturated carbocycles. The zero-order chi connectivity index (χ0) is 11.5. The number of aryl methyl sites for hydroxylation is 2. The van der Waals surface area contributed by atoms with Crippen LogP contribution in [0.4, 0.5) is 5.69 Å². The summed E-state index contributed by atoms with van der Waals surface area (Å²) in [5, 5.41) is 7.35. The van der Waals surface area contributed by atoms with E-state index in [2.05, 4.69) is 50.4 Å². The highest BCUT2D eigenvalue weighted by Gasteiger charge is 2.02. The molecular formula is C11H13BrN4. The molecule has 0 saturated heterocycles. The molecule has 1 aromatic carbocycles. The smallest absolute Gasteiger partial charge is 0.145 e. The summed E-state index contributed by atoms with van der Waals surface area (Å²) >= 11 is 3.51. The number of nitrogens with zero attached hydrogens (tertiary/aromatic N) is 3. The van der Waals surface area contributed by atoms with Crippen LogP contribution in [0.3, 0.4) is 0 Å². The summed E-state index contributed by atoms with van der Waals surface area (Å²) in [5.41, 5.74) is 2.30. The Labute approximate surface area is 103 Å². The monoisotopic (exact) mass is 280 g/mol. The molecule has 0 spiro atoms. The molecule has 1 heterocycles. The molecule has 2 aromatic rings. The predicted octanol–water partition coefficient (Wildman–Crippen LogP) is 2.50. The molecule has 0 atom stereocenters. The Balaban J connectivity index is 2.10. The van der Waals surface area contributed by atoms with Crippen molar-refractivity contribution in [3.05, 3.63) is 40.4 Å². The maximum absolute atomic E-state index is 4.16. The molecule has 16 heavy (non-hydrogen) atoms. The number of nitrogens with one attached hydrogen (secondary N) is 1. The van der Waals surface area contributed by atoms with E-state index in [0.29, 0.717) is 6.54 Å². The lowest BCUT2D eigenvalue weighted by atomic mass is 10.2. The van der Waals surface area contributed by atoms with Gasteiger partial charge in [-0.3, -0.25) is 4.68 Å². The number of rotatable bonds is 3. The second kappa shape index (κ2) is 4.65. The van der Waals surface area contributed by atoms with Crippen molar-refractivity contribution < 1.29 is 0 Å². The number of anilines is 1. The van der Waals surface area contributed by atoms with Crippen LogP contribution in [0, 0.1) is 6.92 Å². The standard InChI is InChI=1S/C11H13BrN4/c1-8-3-4-9(12)10(5-8)13-6-11-14-7-15-16(11)2/h3-5,7,13H,6H2,1-2H3. The van der Waals surface area contributed by atoms with Crippen LogP contribution in [0.5, 0.6) is 0 Å². The van der Waals surface area contributed by atoms with Crippen molar-refractivity contribution in [1.82, 2.24) is 14.8 Å². The summed E-state index contributed by atoms with van der Waals surface area (Å²) in [6.07, 6.45) is 1.56. The van der Waals surface area contributed by atoms with Crippen molar-refractivity contribution in [3.63, 3.8) is 0 Å². The predicted molar refractivity (Wildman–Crippen MR) is 67.2 cm³/mol. The molecule has 4 nitrogen and oxygen atoms in total. The van der Waals surface area contributed by atoms with Crippen LogP contribution < -0.4 is 5.32 Å². The summed E-state index contributed by atoms with van der Waals surface area (Å²) in [5.74, 6) is 0.911. The van der Waals surface area contributed by atoms with Crippen LogP contribution in [-0.4, -0.2) is 14.8 Å². The highest BCUT2D eigenvalue weighted by molar-refractivity contribution is 9.10. The van der Waals surface area contributed by atoms with E-state index in [1.54, 1.807) is 11.0 Å². The van der Waals surface area contributed by atoms with E-state index < -0.39 is 0 Å². The minimum atomic E-state index is 0.665. The zero-order valence-corrected chi connectivity index (χ0v) is 10.8. The number of halogens is 1. The van der Waals surface area contributed by atoms with Crippen LogP contribution >= 0.6 is 15.9 Å². The van der Waals surface area contributed by atoms with E-state index in [1.807, 2.05) is 13.1 Å². The molecule has 5 heteroatoms. The highest BCUT2D eigenvalue weighted by atomic mass is 79.9. The van der Waals surface area contributed by atoms with Gasteiger partial charge in [-0.25, -0.2) is 4.98 Å². The Bertz CT molecular complexity index is 492. The SMILES string of the molecule is Cc1ccc(Br)c(NCc2ncnn2C)c1. The van der Waals surface area contributed by atoms with E-state index in [1.165, 1.54) is 5.56 Å². The maximum atomic E-state index is 4.16. The number of aromatic nitrogens is 3. The Kier molecular flexibility index (Phi) is 3.24. The molecule has 1 aromatic heterocycles. The van der Waals surface area contributed by atoms with Gasteiger partial charge < -0.3 is 5.32 Å². The normalized spacial score (nSPS) is 10.4. The molecule has 0 fully saturated rings. The van der Waals surface area contributed by atoms with Gasteiger partial charge in [0.25, 0.3) is 0 Å². The molecule has 84 valence electrons. The van der Waals surface area contributed by atoms with Gasteiger partial charge in [0.2, 0.25) is 0 Å². The molecule has 0 aliphatic rings. The Morgan fingerprint density at radius 1 is 1.44 bits per heavy atom. The van der Waals surface area contributed by atoms with Crippen molar-refractivity contribution in [2.75, 3.05) is 5.32 Å². The first kappa shape index (κ1) is 11.1. The second-order valence-electron chi connectivity index (χ2n) is 3.64. The third kappa shape index (κ3) is 2.41. The molecule has 0 aliphatic heterocycles. The Morgan fingerprint density at radius 3 is 2.94 bits per heavy atom. The first-order chi connectivity index (χ1) is 7.66. The van der Waals surface area contributed by atoms with Gasteiger partial charge in [0.15, 0.2) is 0 Å². The van der Waals surface area contributed by atoms with Gasteiger partial charge in [0.1, 0.15) is 12.2 Å². The minimum absolute atomic E-state index is 0.665. The lowest BCUT2D eigenvalue weighted by Crippen LogP contribution is -2.07. The molecule has 0 bridgehead atoms. The maximum Gasteiger partial charge on any atom is 0.145 e. The van der Waals surface area contributed by atoms with Gasteiger partial charge in [-0.2, -0.15) is 5.10 Å².